The van der Waals surface area contributed by atoms with Crippen molar-refractivity contribution in [2.45, 2.75) is 24.7 Å². The lowest BCUT2D eigenvalue weighted by Crippen LogP contribution is -2.36. The molecule has 2 aliphatic heterocycles. The van der Waals surface area contributed by atoms with Crippen LogP contribution in [-0.2, 0) is 31.4 Å². The third kappa shape index (κ3) is 2.39. The Morgan fingerprint density at radius 1 is 1.12 bits per heavy atom. The molecule has 4 nitrogen and oxygen atoms in total. The summed E-state index contributed by atoms with van der Waals surface area (Å²) in [7, 11) is 1.36. The van der Waals surface area contributed by atoms with Crippen LogP contribution in [0, 0.1) is 0 Å². The molecule has 0 fully saturated rings. The van der Waals surface area contributed by atoms with Crippen LogP contribution in [0.4, 0.5) is 0 Å². The number of allylic oxidation sites excluding steroid dienone is 1. The van der Waals surface area contributed by atoms with Crippen molar-refractivity contribution in [3.8, 4) is 0 Å². The summed E-state index contributed by atoms with van der Waals surface area (Å²) < 4.78 is 17.0. The average molecular weight is 322 g/mol. The summed E-state index contributed by atoms with van der Waals surface area (Å²) in [5.74, 6) is -1.20. The van der Waals surface area contributed by atoms with E-state index in [1.807, 2.05) is 48.5 Å². The third-order valence-electron chi connectivity index (χ3n) is 4.62. The Morgan fingerprint density at radius 3 is 2.67 bits per heavy atom. The highest BCUT2D eigenvalue weighted by Gasteiger charge is 2.48. The van der Waals surface area contributed by atoms with Crippen LogP contribution in [0.1, 0.15) is 29.0 Å². The number of ether oxygens (including phenoxy) is 3. The smallest absolute Gasteiger partial charge is 0.373 e. The summed E-state index contributed by atoms with van der Waals surface area (Å²) in [6.07, 6.45) is 2.45. The summed E-state index contributed by atoms with van der Waals surface area (Å²) in [4.78, 5) is 12.1. The molecule has 0 amide bonds. The van der Waals surface area contributed by atoms with Crippen molar-refractivity contribution < 1.29 is 19.0 Å². The molecule has 4 rings (SSSR count). The zero-order valence-corrected chi connectivity index (χ0v) is 13.4. The second-order valence-electron chi connectivity index (χ2n) is 6.04. The Balaban J connectivity index is 1.79. The number of fused-ring (bicyclic) bond motifs is 2. The number of carbonyl (C=O) groups excluding carboxylic acids is 1. The first-order valence-corrected chi connectivity index (χ1v) is 7.98. The Hall–Kier alpha value is -2.59. The van der Waals surface area contributed by atoms with Crippen LogP contribution in [-0.4, -0.2) is 13.1 Å². The van der Waals surface area contributed by atoms with E-state index < -0.39 is 11.8 Å². The molecule has 24 heavy (non-hydrogen) atoms. The highest BCUT2D eigenvalue weighted by atomic mass is 16.7. The zero-order valence-electron chi connectivity index (χ0n) is 13.4. The molecule has 2 atom stereocenters. The summed E-state index contributed by atoms with van der Waals surface area (Å²) in [5, 5.41) is 0. The molecule has 0 saturated carbocycles. The van der Waals surface area contributed by atoms with Gasteiger partial charge in [-0.2, -0.15) is 0 Å². The van der Waals surface area contributed by atoms with Gasteiger partial charge in [0, 0.05) is 17.9 Å². The van der Waals surface area contributed by atoms with Gasteiger partial charge in [-0.1, -0.05) is 54.6 Å². The van der Waals surface area contributed by atoms with Crippen LogP contribution in [0.5, 0.6) is 0 Å². The van der Waals surface area contributed by atoms with E-state index in [1.165, 1.54) is 7.11 Å². The fourth-order valence-corrected chi connectivity index (χ4v) is 3.45. The molecule has 2 aromatic rings. The largest absolute Gasteiger partial charge is 0.463 e. The first kappa shape index (κ1) is 15.0. The van der Waals surface area contributed by atoms with Crippen molar-refractivity contribution in [3.63, 3.8) is 0 Å². The molecule has 0 N–H and O–H groups in total. The topological polar surface area (TPSA) is 44.8 Å². The maximum absolute atomic E-state index is 12.1. The highest BCUT2D eigenvalue weighted by Crippen LogP contribution is 2.48. The summed E-state index contributed by atoms with van der Waals surface area (Å²) in [6.45, 7) is 0.478. The standard InChI is InChI=1S/C20H18O4/c1-22-19(21)18-11-16(14-7-3-2-4-8-14)12-20(24-18)17-10-6-5-9-15(17)13-23-20/h2-11,16H,12-13H2,1H3/t16-,20-/m0/s1. The summed E-state index contributed by atoms with van der Waals surface area (Å²) in [6, 6.07) is 18.0. The van der Waals surface area contributed by atoms with Gasteiger partial charge in [0.05, 0.1) is 13.7 Å². The maximum atomic E-state index is 12.1. The van der Waals surface area contributed by atoms with Crippen LogP contribution in [0.15, 0.2) is 66.4 Å². The maximum Gasteiger partial charge on any atom is 0.373 e. The predicted octanol–water partition coefficient (Wildman–Crippen LogP) is 3.63. The summed E-state index contributed by atoms with van der Waals surface area (Å²) >= 11 is 0. The minimum absolute atomic E-state index is 0.0141. The van der Waals surface area contributed by atoms with Crippen molar-refractivity contribution >= 4 is 5.97 Å². The van der Waals surface area contributed by atoms with E-state index in [2.05, 4.69) is 12.1 Å². The lowest BCUT2D eigenvalue weighted by atomic mass is 9.85. The van der Waals surface area contributed by atoms with Crippen molar-refractivity contribution in [1.29, 1.82) is 0 Å². The number of benzene rings is 2. The van der Waals surface area contributed by atoms with Gasteiger partial charge in [-0.25, -0.2) is 4.79 Å². The van der Waals surface area contributed by atoms with Gasteiger partial charge < -0.3 is 14.2 Å². The molecule has 122 valence electrons. The van der Waals surface area contributed by atoms with Crippen LogP contribution < -0.4 is 0 Å². The minimum Gasteiger partial charge on any atom is -0.463 e. The Labute approximate surface area is 140 Å². The van der Waals surface area contributed by atoms with E-state index in [-0.39, 0.29) is 11.7 Å². The zero-order chi connectivity index (χ0) is 16.6. The van der Waals surface area contributed by atoms with E-state index in [9.17, 15) is 4.79 Å². The quantitative estimate of drug-likeness (QED) is 0.792. The number of methoxy groups -OCH3 is 1. The molecular formula is C20H18O4. The highest BCUT2D eigenvalue weighted by molar-refractivity contribution is 5.86. The van der Waals surface area contributed by atoms with Gasteiger partial charge in [0.2, 0.25) is 11.5 Å². The average Bonchev–Trinajstić information content (AvgIpc) is 2.99. The Kier molecular flexibility index (Phi) is 3.62. The normalized spacial score (nSPS) is 24.9. The fraction of sp³-hybridized carbons (Fsp3) is 0.250. The molecule has 2 aliphatic rings. The molecule has 1 spiro atoms. The van der Waals surface area contributed by atoms with Gasteiger partial charge in [-0.3, -0.25) is 0 Å². The van der Waals surface area contributed by atoms with E-state index in [0.717, 1.165) is 16.7 Å². The Morgan fingerprint density at radius 2 is 1.88 bits per heavy atom. The van der Waals surface area contributed by atoms with Crippen molar-refractivity contribution in [1.82, 2.24) is 0 Å². The van der Waals surface area contributed by atoms with Crippen molar-refractivity contribution in [2.75, 3.05) is 7.11 Å². The first-order valence-electron chi connectivity index (χ1n) is 7.98. The monoisotopic (exact) mass is 322 g/mol. The van der Waals surface area contributed by atoms with Gasteiger partial charge in [-0.15, -0.1) is 0 Å². The predicted molar refractivity (Wildman–Crippen MR) is 87.9 cm³/mol. The lowest BCUT2D eigenvalue weighted by Gasteiger charge is -2.37. The number of hydrogen-bond acceptors (Lipinski definition) is 4. The molecule has 0 saturated heterocycles. The fourth-order valence-electron chi connectivity index (χ4n) is 3.45. The van der Waals surface area contributed by atoms with Gasteiger partial charge in [0.25, 0.3) is 0 Å². The SMILES string of the molecule is COC(=O)C1=C[C@H](c2ccccc2)C[C@]2(OCc3ccccc32)O1. The van der Waals surface area contributed by atoms with Gasteiger partial charge >= 0.3 is 5.97 Å². The summed E-state index contributed by atoms with van der Waals surface area (Å²) in [5.41, 5.74) is 3.20. The molecule has 2 heterocycles. The molecular weight excluding hydrogens is 304 g/mol. The van der Waals surface area contributed by atoms with E-state index >= 15 is 0 Å². The molecule has 0 bridgehead atoms. The molecule has 0 radical (unpaired) electrons. The number of hydrogen-bond donors (Lipinski definition) is 0. The molecule has 0 unspecified atom stereocenters. The number of carbonyl (C=O) groups is 1. The molecule has 4 heteroatoms. The van der Waals surface area contributed by atoms with Gasteiger partial charge in [-0.05, 0) is 17.2 Å². The Bertz CT molecular complexity index is 796. The van der Waals surface area contributed by atoms with Crippen LogP contribution in [0.3, 0.4) is 0 Å². The number of rotatable bonds is 2. The number of esters is 1. The molecule has 2 aromatic carbocycles. The van der Waals surface area contributed by atoms with Crippen molar-refractivity contribution in [2.24, 2.45) is 0 Å². The van der Waals surface area contributed by atoms with E-state index in [4.69, 9.17) is 14.2 Å². The van der Waals surface area contributed by atoms with Gasteiger partial charge in [0.1, 0.15) is 0 Å². The second-order valence-corrected chi connectivity index (χ2v) is 6.04. The lowest BCUT2D eigenvalue weighted by molar-refractivity contribution is -0.231. The van der Waals surface area contributed by atoms with E-state index in [1.54, 1.807) is 0 Å². The van der Waals surface area contributed by atoms with Crippen LogP contribution in [0.25, 0.3) is 0 Å². The molecule has 0 aliphatic carbocycles. The minimum atomic E-state index is -0.935. The second kappa shape index (κ2) is 5.80. The molecule has 0 aromatic heterocycles. The van der Waals surface area contributed by atoms with Gasteiger partial charge in [0.15, 0.2) is 0 Å². The van der Waals surface area contributed by atoms with Crippen LogP contribution in [0.2, 0.25) is 0 Å². The van der Waals surface area contributed by atoms with Crippen molar-refractivity contribution in [3.05, 3.63) is 83.1 Å². The first-order chi connectivity index (χ1) is 11.7. The third-order valence-corrected chi connectivity index (χ3v) is 4.62. The van der Waals surface area contributed by atoms with E-state index in [0.29, 0.717) is 13.0 Å². The van der Waals surface area contributed by atoms with Crippen LogP contribution >= 0.6 is 0 Å².